The number of hydrogen-bond donors (Lipinski definition) is 2. The molecule has 0 rings (SSSR count). The van der Waals surface area contributed by atoms with Gasteiger partial charge >= 0.3 is 115 Å². The Labute approximate surface area is 114 Å². The van der Waals surface area contributed by atoms with E-state index in [2.05, 4.69) is 62.0 Å². The standard InChI is InChI=1S/2C4H9.2C3H8N.Hf/c2*1-4(2)3;2*1-2-3-4;/h2*1-3H3;2*4H,2-3H2,1H3;/q;;2*-1;+2. The van der Waals surface area contributed by atoms with E-state index in [4.69, 9.17) is 0 Å². The average Bonchev–Trinajstić information content (AvgIpc) is 2.14. The van der Waals surface area contributed by atoms with E-state index in [1.165, 1.54) is 12.8 Å². The van der Waals surface area contributed by atoms with Gasteiger partial charge in [-0.25, -0.2) is 0 Å². The van der Waals surface area contributed by atoms with Crippen LogP contribution < -0.4 is 6.61 Å². The molecular formula is C14H34HfN2. The summed E-state index contributed by atoms with van der Waals surface area (Å²) in [5.41, 5.74) is 0. The first kappa shape index (κ1) is 17.8. The molecule has 0 aliphatic carbocycles. The van der Waals surface area contributed by atoms with E-state index in [0.717, 1.165) is 13.1 Å². The SMILES string of the molecule is CCC[NH][Hf]([NH]CCC)([C](C)(C)C)[C](C)(C)C. The first-order valence-corrected chi connectivity index (χ1v) is 14.3. The molecule has 104 valence electrons. The fraction of sp³-hybridized carbons (Fsp3) is 1.00. The first-order chi connectivity index (χ1) is 7.62. The molecule has 0 aliphatic rings. The van der Waals surface area contributed by atoms with Crippen LogP contribution in [0.5, 0.6) is 0 Å². The Balaban J connectivity index is 5.22. The summed E-state index contributed by atoms with van der Waals surface area (Å²) in [6, 6.07) is 0. The Morgan fingerprint density at radius 2 is 1.00 bits per heavy atom. The van der Waals surface area contributed by atoms with Crippen LogP contribution in [0.3, 0.4) is 0 Å². The Hall–Kier alpha value is 0.790. The second-order valence-electron chi connectivity index (χ2n) is 7.10. The molecule has 0 spiro atoms. The van der Waals surface area contributed by atoms with Crippen LogP contribution in [0.25, 0.3) is 0 Å². The van der Waals surface area contributed by atoms with Crippen molar-refractivity contribution in [2.24, 2.45) is 0 Å². The van der Waals surface area contributed by atoms with E-state index in [-0.39, 0.29) is 0 Å². The van der Waals surface area contributed by atoms with E-state index >= 15 is 0 Å². The van der Waals surface area contributed by atoms with Crippen LogP contribution in [0.1, 0.15) is 68.2 Å². The molecule has 17 heavy (non-hydrogen) atoms. The number of rotatable bonds is 6. The van der Waals surface area contributed by atoms with Gasteiger partial charge in [-0.1, -0.05) is 0 Å². The van der Waals surface area contributed by atoms with Crippen molar-refractivity contribution in [2.75, 3.05) is 13.1 Å². The molecule has 3 heteroatoms. The van der Waals surface area contributed by atoms with Crippen LogP contribution in [-0.4, -0.2) is 13.1 Å². The summed E-state index contributed by atoms with van der Waals surface area (Å²) in [7, 11) is 0. The van der Waals surface area contributed by atoms with E-state index in [9.17, 15) is 0 Å². The van der Waals surface area contributed by atoms with Gasteiger partial charge in [0, 0.05) is 0 Å². The van der Waals surface area contributed by atoms with Crippen molar-refractivity contribution in [1.82, 2.24) is 6.61 Å². The van der Waals surface area contributed by atoms with Crippen molar-refractivity contribution in [3.05, 3.63) is 0 Å². The van der Waals surface area contributed by atoms with Gasteiger partial charge in [-0.05, 0) is 0 Å². The number of nitrogens with one attached hydrogen (secondary N) is 2. The molecule has 0 aromatic heterocycles. The Bertz CT molecular complexity index is 189. The van der Waals surface area contributed by atoms with Crippen LogP contribution in [-0.2, 0) is 20.5 Å². The van der Waals surface area contributed by atoms with Crippen molar-refractivity contribution >= 4 is 0 Å². The van der Waals surface area contributed by atoms with Gasteiger partial charge < -0.3 is 0 Å². The molecule has 2 N–H and O–H groups in total. The van der Waals surface area contributed by atoms with Gasteiger partial charge in [0.25, 0.3) is 0 Å². The Morgan fingerprint density at radius 3 is 1.18 bits per heavy atom. The maximum absolute atomic E-state index is 4.01. The molecule has 0 unspecified atom stereocenters. The minimum absolute atomic E-state index is 0.398. The molecule has 0 atom stereocenters. The van der Waals surface area contributed by atoms with Crippen LogP contribution in [0.2, 0.25) is 6.34 Å². The monoisotopic (exact) mass is 410 g/mol. The quantitative estimate of drug-likeness (QED) is 0.636. The van der Waals surface area contributed by atoms with Crippen LogP contribution in [0.15, 0.2) is 0 Å². The zero-order valence-corrected chi connectivity index (χ0v) is 16.9. The molecule has 0 saturated heterocycles. The average molecular weight is 409 g/mol. The third-order valence-electron chi connectivity index (χ3n) is 3.53. The van der Waals surface area contributed by atoms with Gasteiger partial charge in [-0.2, -0.15) is 0 Å². The summed E-state index contributed by atoms with van der Waals surface area (Å²) >= 11 is -2.77. The van der Waals surface area contributed by atoms with E-state index in [0.29, 0.717) is 6.34 Å². The summed E-state index contributed by atoms with van der Waals surface area (Å²) in [4.78, 5) is 0. The molecule has 0 aromatic carbocycles. The predicted molar refractivity (Wildman–Crippen MR) is 76.0 cm³/mol. The summed E-state index contributed by atoms with van der Waals surface area (Å²) < 4.78 is 8.81. The summed E-state index contributed by atoms with van der Waals surface area (Å²) in [6.07, 6.45) is 2.45. The fourth-order valence-electron chi connectivity index (χ4n) is 2.87. The molecule has 0 saturated carbocycles. The van der Waals surface area contributed by atoms with Crippen LogP contribution in [0.4, 0.5) is 0 Å². The van der Waals surface area contributed by atoms with E-state index in [1.54, 1.807) is 0 Å². The van der Waals surface area contributed by atoms with E-state index in [1.807, 2.05) is 0 Å². The molecule has 0 heterocycles. The van der Waals surface area contributed by atoms with Crippen molar-refractivity contribution < 1.29 is 20.5 Å². The van der Waals surface area contributed by atoms with Gasteiger partial charge in [0.1, 0.15) is 0 Å². The first-order valence-electron chi connectivity index (χ1n) is 7.12. The summed E-state index contributed by atoms with van der Waals surface area (Å²) in [5.74, 6) is 0. The van der Waals surface area contributed by atoms with Gasteiger partial charge in [-0.15, -0.1) is 0 Å². The normalized spacial score (nSPS) is 14.1. The number of hydrogen-bond acceptors (Lipinski definition) is 2. The summed E-state index contributed by atoms with van der Waals surface area (Å²) in [6.45, 7) is 21.4. The topological polar surface area (TPSA) is 24.1 Å². The Kier molecular flexibility index (Phi) is 7.13. The van der Waals surface area contributed by atoms with Gasteiger partial charge in [0.15, 0.2) is 0 Å². The second-order valence-corrected chi connectivity index (χ2v) is 25.8. The zero-order valence-electron chi connectivity index (χ0n) is 13.3. The predicted octanol–water partition coefficient (Wildman–Crippen LogP) is 4.41. The molecular weight excluding hydrogens is 375 g/mol. The van der Waals surface area contributed by atoms with Gasteiger partial charge in [-0.3, -0.25) is 0 Å². The minimum atomic E-state index is -2.77. The van der Waals surface area contributed by atoms with Gasteiger partial charge in [0.2, 0.25) is 0 Å². The maximum atomic E-state index is 4.01. The Morgan fingerprint density at radius 1 is 0.706 bits per heavy atom. The van der Waals surface area contributed by atoms with Crippen molar-refractivity contribution in [3.8, 4) is 0 Å². The van der Waals surface area contributed by atoms with Crippen LogP contribution in [0, 0.1) is 0 Å². The summed E-state index contributed by atoms with van der Waals surface area (Å²) in [5, 5.41) is 0. The molecule has 0 fully saturated rings. The van der Waals surface area contributed by atoms with Gasteiger partial charge in [0.05, 0.1) is 0 Å². The molecule has 0 bridgehead atoms. The fourth-order valence-corrected chi connectivity index (χ4v) is 23.5. The molecule has 0 aliphatic heterocycles. The molecule has 2 nitrogen and oxygen atoms in total. The second kappa shape index (κ2) is 6.81. The van der Waals surface area contributed by atoms with Crippen LogP contribution >= 0.6 is 0 Å². The van der Waals surface area contributed by atoms with E-state index < -0.39 is 20.5 Å². The van der Waals surface area contributed by atoms with Crippen molar-refractivity contribution in [3.63, 3.8) is 0 Å². The zero-order chi connectivity index (χ0) is 13.7. The van der Waals surface area contributed by atoms with Crippen molar-refractivity contribution in [1.29, 1.82) is 0 Å². The molecule has 0 amide bonds. The molecule has 0 radical (unpaired) electrons. The third-order valence-corrected chi connectivity index (χ3v) is 25.3. The third kappa shape index (κ3) is 4.43. The van der Waals surface area contributed by atoms with Crippen molar-refractivity contribution in [2.45, 2.75) is 74.6 Å². The molecule has 0 aromatic rings.